The Hall–Kier alpha value is -2.28. The molecule has 0 aromatic heterocycles. The largest absolute Gasteiger partial charge is 0.435 e. The zero-order valence-electron chi connectivity index (χ0n) is 17.6. The van der Waals surface area contributed by atoms with Gasteiger partial charge in [0.05, 0.1) is 23.3 Å². The van der Waals surface area contributed by atoms with Gasteiger partial charge in [-0.05, 0) is 35.9 Å². The first-order valence-corrected chi connectivity index (χ1v) is 10.2. The first kappa shape index (κ1) is 29.0. The highest BCUT2D eigenvalue weighted by molar-refractivity contribution is 6.30. The molecule has 2 atom stereocenters. The smallest absolute Gasteiger partial charge is 0.426 e. The maximum Gasteiger partial charge on any atom is 0.426 e. The van der Waals surface area contributed by atoms with E-state index in [0.717, 1.165) is 24.3 Å². The molecule has 1 heterocycles. The average molecular weight is 551 g/mol. The zero-order valence-corrected chi connectivity index (χ0v) is 19.2. The first-order valence-electron chi connectivity index (χ1n) is 9.83. The second-order valence-corrected chi connectivity index (χ2v) is 7.84. The molecule has 0 aliphatic carbocycles. The Labute approximate surface area is 206 Å². The number of nitrogens with zero attached hydrogens (tertiary/aromatic N) is 1. The van der Waals surface area contributed by atoms with Crippen molar-refractivity contribution in [3.05, 3.63) is 64.4 Å². The number of nitrogens with one attached hydrogen (secondary N) is 1. The van der Waals surface area contributed by atoms with Crippen LogP contribution in [0, 0.1) is 5.82 Å². The summed E-state index contributed by atoms with van der Waals surface area (Å²) in [4.78, 5) is 13.3. The molecule has 0 saturated carbocycles. The van der Waals surface area contributed by atoms with Crippen LogP contribution in [0.3, 0.4) is 0 Å². The molecule has 1 N–H and O–H groups in total. The minimum atomic E-state index is -4.91. The molecule has 0 unspecified atom stereocenters. The number of benzene rings is 2. The zero-order chi connectivity index (χ0) is 25.1. The molecule has 1 aliphatic heterocycles. The van der Waals surface area contributed by atoms with E-state index in [9.17, 15) is 35.5 Å². The first-order chi connectivity index (χ1) is 15.8. The topological polar surface area (TPSA) is 50.8 Å². The summed E-state index contributed by atoms with van der Waals surface area (Å²) in [5.41, 5.74) is -0.646. The predicted octanol–water partition coefficient (Wildman–Crippen LogP) is 6.47. The second-order valence-electron chi connectivity index (χ2n) is 7.43. The fraction of sp³-hybridized carbons (Fsp3) is 0.381. The third-order valence-electron chi connectivity index (χ3n) is 4.96. The summed E-state index contributed by atoms with van der Waals surface area (Å²) < 4.78 is 102. The van der Waals surface area contributed by atoms with Gasteiger partial charge in [-0.1, -0.05) is 23.7 Å². The number of morpholine rings is 1. The number of hydrogen-bond donors (Lipinski definition) is 1. The predicted molar refractivity (Wildman–Crippen MR) is 115 cm³/mol. The van der Waals surface area contributed by atoms with E-state index in [0.29, 0.717) is 5.56 Å². The maximum atomic E-state index is 13.5. The third-order valence-corrected chi connectivity index (χ3v) is 5.27. The third kappa shape index (κ3) is 8.13. The summed E-state index contributed by atoms with van der Waals surface area (Å²) in [6, 6.07) is 7.25. The van der Waals surface area contributed by atoms with Gasteiger partial charge in [0.25, 0.3) is 0 Å². The van der Waals surface area contributed by atoms with E-state index >= 15 is 0 Å². The highest BCUT2D eigenvalue weighted by Gasteiger charge is 2.44. The molecule has 1 aliphatic rings. The van der Waals surface area contributed by atoms with Crippen molar-refractivity contribution in [3.8, 4) is 0 Å². The van der Waals surface area contributed by atoms with Crippen molar-refractivity contribution in [3.63, 3.8) is 0 Å². The van der Waals surface area contributed by atoms with E-state index < -0.39 is 48.6 Å². The molecule has 5 nitrogen and oxygen atoms in total. The number of carbonyl (C=O) groups excluding carboxylic acids is 1. The van der Waals surface area contributed by atoms with Crippen molar-refractivity contribution in [1.82, 2.24) is 4.90 Å². The molecular formula is C21H19Cl2F7N2O3. The van der Waals surface area contributed by atoms with Crippen molar-refractivity contribution in [2.75, 3.05) is 31.6 Å². The van der Waals surface area contributed by atoms with Crippen LogP contribution in [0.5, 0.6) is 0 Å². The molecule has 194 valence electrons. The van der Waals surface area contributed by atoms with Crippen molar-refractivity contribution in [1.29, 1.82) is 0 Å². The minimum Gasteiger partial charge on any atom is -0.435 e. The molecule has 0 radical (unpaired) electrons. The van der Waals surface area contributed by atoms with Crippen molar-refractivity contribution in [2.24, 2.45) is 0 Å². The quantitative estimate of drug-likeness (QED) is 0.433. The minimum absolute atomic E-state index is 0. The van der Waals surface area contributed by atoms with Gasteiger partial charge in [0.15, 0.2) is 0 Å². The van der Waals surface area contributed by atoms with Gasteiger partial charge < -0.3 is 9.47 Å². The maximum absolute atomic E-state index is 13.5. The number of amides is 1. The lowest BCUT2D eigenvalue weighted by Gasteiger charge is -2.35. The molecule has 3 rings (SSSR count). The van der Waals surface area contributed by atoms with Crippen LogP contribution < -0.4 is 5.32 Å². The number of rotatable bonds is 5. The lowest BCUT2D eigenvalue weighted by atomic mass is 10.0. The molecular weight excluding hydrogens is 532 g/mol. The van der Waals surface area contributed by atoms with E-state index in [4.69, 9.17) is 16.3 Å². The van der Waals surface area contributed by atoms with Crippen LogP contribution >= 0.6 is 24.0 Å². The van der Waals surface area contributed by atoms with Crippen LogP contribution in [-0.2, 0) is 15.7 Å². The Kier molecular flexibility index (Phi) is 9.63. The SMILES string of the molecule is Cl.O=C(Nc1ccc(Cl)c(F)c1)O[C@@H](CN1CCO[C@H](c2ccc(C(F)(F)F)cc2)C1)C(F)(F)F. The van der Waals surface area contributed by atoms with Gasteiger partial charge in [-0.2, -0.15) is 26.3 Å². The molecule has 0 bridgehead atoms. The van der Waals surface area contributed by atoms with Crippen LogP contribution in [0.4, 0.5) is 41.2 Å². The lowest BCUT2D eigenvalue weighted by molar-refractivity contribution is -0.209. The number of anilines is 1. The summed E-state index contributed by atoms with van der Waals surface area (Å²) in [5, 5.41) is 1.77. The lowest BCUT2D eigenvalue weighted by Crippen LogP contribution is -2.48. The summed E-state index contributed by atoms with van der Waals surface area (Å²) in [6.45, 7) is -0.693. The number of ether oxygens (including phenoxy) is 2. The fourth-order valence-corrected chi connectivity index (χ4v) is 3.37. The monoisotopic (exact) mass is 550 g/mol. The molecule has 0 spiro atoms. The van der Waals surface area contributed by atoms with Gasteiger partial charge in [-0.3, -0.25) is 10.2 Å². The Morgan fingerprint density at radius 1 is 1.14 bits per heavy atom. The Morgan fingerprint density at radius 3 is 2.37 bits per heavy atom. The van der Waals surface area contributed by atoms with Crippen LogP contribution in [0.1, 0.15) is 17.2 Å². The highest BCUT2D eigenvalue weighted by Crippen LogP contribution is 2.32. The fourth-order valence-electron chi connectivity index (χ4n) is 3.25. The summed E-state index contributed by atoms with van der Waals surface area (Å²) in [7, 11) is 0. The van der Waals surface area contributed by atoms with Crippen molar-refractivity contribution >= 4 is 35.8 Å². The van der Waals surface area contributed by atoms with Crippen LogP contribution in [0.2, 0.25) is 5.02 Å². The van der Waals surface area contributed by atoms with Gasteiger partial charge in [-0.15, -0.1) is 12.4 Å². The number of halogens is 9. The highest BCUT2D eigenvalue weighted by atomic mass is 35.5. The Bertz CT molecular complexity index is 1000. The molecule has 1 saturated heterocycles. The van der Waals surface area contributed by atoms with Gasteiger partial charge in [0, 0.05) is 25.3 Å². The van der Waals surface area contributed by atoms with Crippen molar-refractivity contribution < 1.29 is 45.0 Å². The van der Waals surface area contributed by atoms with Crippen LogP contribution in [0.25, 0.3) is 0 Å². The molecule has 35 heavy (non-hydrogen) atoms. The summed E-state index contributed by atoms with van der Waals surface area (Å²) in [5.74, 6) is -0.880. The molecule has 2 aromatic carbocycles. The summed E-state index contributed by atoms with van der Waals surface area (Å²) >= 11 is 5.52. The van der Waals surface area contributed by atoms with E-state index in [1.807, 2.05) is 5.32 Å². The van der Waals surface area contributed by atoms with Crippen LogP contribution in [-0.4, -0.2) is 49.5 Å². The van der Waals surface area contributed by atoms with Crippen LogP contribution in [0.15, 0.2) is 42.5 Å². The Morgan fingerprint density at radius 2 is 1.80 bits per heavy atom. The number of carbonyl (C=O) groups is 1. The van der Waals surface area contributed by atoms with E-state index in [-0.39, 0.29) is 42.8 Å². The van der Waals surface area contributed by atoms with E-state index in [1.54, 1.807) is 0 Å². The summed E-state index contributed by atoms with van der Waals surface area (Å²) in [6.07, 6.45) is -14.2. The average Bonchev–Trinajstić information content (AvgIpc) is 2.75. The van der Waals surface area contributed by atoms with Gasteiger partial charge in [0.2, 0.25) is 6.10 Å². The number of alkyl halides is 6. The van der Waals surface area contributed by atoms with Gasteiger partial charge in [-0.25, -0.2) is 9.18 Å². The van der Waals surface area contributed by atoms with Crippen molar-refractivity contribution in [2.45, 2.75) is 24.6 Å². The molecule has 1 amide bonds. The normalized spacial score (nSPS) is 17.9. The second kappa shape index (κ2) is 11.6. The Balaban J connectivity index is 0.00000432. The van der Waals surface area contributed by atoms with Gasteiger partial charge in [0.1, 0.15) is 5.82 Å². The molecule has 14 heteroatoms. The molecule has 2 aromatic rings. The standard InChI is InChI=1S/C21H18ClF7N2O3.ClH/c22-15-6-5-14(9-16(15)23)30-19(32)34-18(21(27,28)29)11-31-7-8-33-17(10-31)12-1-3-13(4-2-12)20(24,25)26;/h1-6,9,17-18H,7-8,10-11H2,(H,30,32);1H/t17-,18-;/m0./s1. The molecule has 1 fully saturated rings. The number of hydrogen-bond acceptors (Lipinski definition) is 4. The van der Waals surface area contributed by atoms with E-state index in [1.165, 1.54) is 23.1 Å². The van der Waals surface area contributed by atoms with Gasteiger partial charge >= 0.3 is 18.4 Å². The van der Waals surface area contributed by atoms with E-state index in [2.05, 4.69) is 4.74 Å².